The summed E-state index contributed by atoms with van der Waals surface area (Å²) in [4.78, 5) is 37.3. The summed E-state index contributed by atoms with van der Waals surface area (Å²) in [6.07, 6.45) is 0. The highest BCUT2D eigenvalue weighted by atomic mass is 16.5. The normalized spacial score (nSPS) is 9.96. The minimum Gasteiger partial charge on any atom is -0.465 e. The molecule has 0 bridgehead atoms. The van der Waals surface area contributed by atoms with Gasteiger partial charge in [0.2, 0.25) is 5.91 Å². The highest BCUT2D eigenvalue weighted by Gasteiger charge is 2.17. The molecule has 0 radical (unpaired) electrons. The van der Waals surface area contributed by atoms with Crippen LogP contribution >= 0.6 is 0 Å². The third-order valence-corrected chi connectivity index (χ3v) is 3.64. The van der Waals surface area contributed by atoms with Gasteiger partial charge in [0.1, 0.15) is 6.54 Å². The molecule has 2 aromatic rings. The molecule has 7 heteroatoms. The van der Waals surface area contributed by atoms with Crippen molar-refractivity contribution >= 4 is 29.3 Å². The number of para-hydroxylation sites is 1. The maximum absolute atomic E-state index is 12.3. The van der Waals surface area contributed by atoms with Gasteiger partial charge in [-0.25, -0.2) is 9.59 Å². The van der Waals surface area contributed by atoms with Crippen LogP contribution in [-0.2, 0) is 9.53 Å². The minimum atomic E-state index is -0.555. The number of benzene rings is 2. The second-order valence-electron chi connectivity index (χ2n) is 5.74. The summed E-state index contributed by atoms with van der Waals surface area (Å²) in [6, 6.07) is 13.3. The van der Waals surface area contributed by atoms with Gasteiger partial charge < -0.3 is 20.3 Å². The summed E-state index contributed by atoms with van der Waals surface area (Å²) in [5.74, 6) is -0.881. The van der Waals surface area contributed by atoms with E-state index in [2.05, 4.69) is 10.6 Å². The van der Waals surface area contributed by atoms with E-state index in [-0.39, 0.29) is 18.0 Å². The third-order valence-electron chi connectivity index (χ3n) is 3.64. The van der Waals surface area contributed by atoms with Crippen LogP contribution in [0, 0.1) is 6.92 Å². The lowest BCUT2D eigenvalue weighted by Crippen LogP contribution is -2.38. The molecule has 0 aromatic heterocycles. The van der Waals surface area contributed by atoms with Crippen molar-refractivity contribution in [1.29, 1.82) is 0 Å². The molecule has 2 rings (SSSR count). The number of aryl methyl sites for hydroxylation is 1. The fraction of sp³-hybridized carbons (Fsp3) is 0.211. The van der Waals surface area contributed by atoms with Gasteiger partial charge in [0, 0.05) is 12.7 Å². The summed E-state index contributed by atoms with van der Waals surface area (Å²) >= 11 is 0. The van der Waals surface area contributed by atoms with E-state index in [0.717, 1.165) is 5.56 Å². The van der Waals surface area contributed by atoms with Crippen molar-refractivity contribution in [3.05, 3.63) is 59.7 Å². The molecule has 0 aliphatic rings. The fourth-order valence-electron chi connectivity index (χ4n) is 2.22. The first-order valence-corrected chi connectivity index (χ1v) is 7.96. The van der Waals surface area contributed by atoms with Gasteiger partial charge in [0.05, 0.1) is 18.4 Å². The van der Waals surface area contributed by atoms with Gasteiger partial charge in [0.15, 0.2) is 0 Å². The van der Waals surface area contributed by atoms with E-state index in [4.69, 9.17) is 4.74 Å². The lowest BCUT2D eigenvalue weighted by molar-refractivity contribution is -0.116. The van der Waals surface area contributed by atoms with Crippen LogP contribution in [0.5, 0.6) is 0 Å². The highest BCUT2D eigenvalue weighted by molar-refractivity contribution is 6.02. The van der Waals surface area contributed by atoms with Crippen LogP contribution in [0.15, 0.2) is 48.5 Å². The number of likely N-dealkylation sites (N-methyl/N-ethyl adjacent to an activating group) is 1. The fourth-order valence-corrected chi connectivity index (χ4v) is 2.22. The van der Waals surface area contributed by atoms with E-state index in [1.807, 2.05) is 19.1 Å². The number of nitrogens with one attached hydrogen (secondary N) is 2. The van der Waals surface area contributed by atoms with Crippen molar-refractivity contribution < 1.29 is 19.1 Å². The number of methoxy groups -OCH3 is 1. The van der Waals surface area contributed by atoms with E-state index < -0.39 is 12.0 Å². The first-order chi connectivity index (χ1) is 12.4. The molecule has 2 aromatic carbocycles. The van der Waals surface area contributed by atoms with E-state index in [1.54, 1.807) is 36.4 Å². The van der Waals surface area contributed by atoms with Crippen LogP contribution in [0.3, 0.4) is 0 Å². The van der Waals surface area contributed by atoms with E-state index in [9.17, 15) is 14.4 Å². The number of hydrogen-bond donors (Lipinski definition) is 2. The van der Waals surface area contributed by atoms with Gasteiger partial charge in [0.25, 0.3) is 0 Å². The number of nitrogens with zero attached hydrogens (tertiary/aromatic N) is 1. The molecule has 0 aliphatic carbocycles. The van der Waals surface area contributed by atoms with Crippen molar-refractivity contribution in [3.8, 4) is 0 Å². The van der Waals surface area contributed by atoms with Crippen molar-refractivity contribution in [2.24, 2.45) is 0 Å². The van der Waals surface area contributed by atoms with Gasteiger partial charge in [-0.1, -0.05) is 29.8 Å². The number of carbonyl (C=O) groups is 3. The zero-order chi connectivity index (χ0) is 19.1. The Morgan fingerprint density at radius 3 is 2.31 bits per heavy atom. The Labute approximate surface area is 152 Å². The van der Waals surface area contributed by atoms with Crippen LogP contribution in [-0.4, -0.2) is 43.5 Å². The number of urea groups is 1. The molecule has 136 valence electrons. The summed E-state index contributed by atoms with van der Waals surface area (Å²) in [7, 11) is 2.76. The number of hydrogen-bond acceptors (Lipinski definition) is 4. The number of esters is 1. The number of rotatable bonds is 5. The molecule has 0 unspecified atom stereocenters. The number of carbonyl (C=O) groups excluding carboxylic acids is 3. The predicted octanol–water partition coefficient (Wildman–Crippen LogP) is 2.88. The Balaban J connectivity index is 1.96. The Bertz CT molecular complexity index is 803. The largest absolute Gasteiger partial charge is 0.465 e. The molecule has 26 heavy (non-hydrogen) atoms. The summed E-state index contributed by atoms with van der Waals surface area (Å²) in [5.41, 5.74) is 2.30. The first-order valence-electron chi connectivity index (χ1n) is 7.96. The van der Waals surface area contributed by atoms with Gasteiger partial charge in [-0.2, -0.15) is 0 Å². The summed E-state index contributed by atoms with van der Waals surface area (Å²) in [5, 5.41) is 5.33. The second kappa shape index (κ2) is 8.66. The molecule has 0 spiro atoms. The molecular weight excluding hydrogens is 334 g/mol. The van der Waals surface area contributed by atoms with Crippen LogP contribution in [0.2, 0.25) is 0 Å². The average Bonchev–Trinajstić information content (AvgIpc) is 2.63. The predicted molar refractivity (Wildman–Crippen MR) is 99.2 cm³/mol. The minimum absolute atomic E-state index is 0.139. The Morgan fingerprint density at radius 1 is 1.00 bits per heavy atom. The maximum Gasteiger partial charge on any atom is 0.339 e. The highest BCUT2D eigenvalue weighted by Crippen LogP contribution is 2.16. The molecule has 0 heterocycles. The zero-order valence-electron chi connectivity index (χ0n) is 14.9. The molecule has 7 nitrogen and oxygen atoms in total. The number of anilines is 2. The Hall–Kier alpha value is -3.35. The summed E-state index contributed by atoms with van der Waals surface area (Å²) in [6.45, 7) is 1.82. The zero-order valence-corrected chi connectivity index (χ0v) is 14.9. The smallest absolute Gasteiger partial charge is 0.339 e. The third kappa shape index (κ3) is 5.07. The van der Waals surface area contributed by atoms with Crippen LogP contribution < -0.4 is 10.6 Å². The Kier molecular flexibility index (Phi) is 6.32. The first kappa shape index (κ1) is 19.0. The molecular formula is C19H21N3O4. The standard InChI is InChI=1S/C19H21N3O4/c1-13-8-10-14(11-9-13)20-17(23)12-22(2)19(25)21-16-7-5-4-6-15(16)18(24)26-3/h4-11H,12H2,1-3H3,(H,20,23)(H,21,25). The van der Waals surface area contributed by atoms with E-state index >= 15 is 0 Å². The topological polar surface area (TPSA) is 87.7 Å². The van der Waals surface area contributed by atoms with E-state index in [0.29, 0.717) is 11.4 Å². The van der Waals surface area contributed by atoms with Crippen molar-refractivity contribution in [3.63, 3.8) is 0 Å². The molecule has 0 aliphatic heterocycles. The van der Waals surface area contributed by atoms with Crippen LogP contribution in [0.4, 0.5) is 16.2 Å². The van der Waals surface area contributed by atoms with Gasteiger partial charge in [-0.05, 0) is 31.2 Å². The lowest BCUT2D eigenvalue weighted by atomic mass is 10.2. The van der Waals surface area contributed by atoms with E-state index in [1.165, 1.54) is 19.1 Å². The average molecular weight is 355 g/mol. The molecule has 0 fully saturated rings. The quantitative estimate of drug-likeness (QED) is 0.807. The molecule has 2 N–H and O–H groups in total. The van der Waals surface area contributed by atoms with Crippen LogP contribution in [0.1, 0.15) is 15.9 Å². The van der Waals surface area contributed by atoms with Gasteiger partial charge >= 0.3 is 12.0 Å². The SMILES string of the molecule is COC(=O)c1ccccc1NC(=O)N(C)CC(=O)Nc1ccc(C)cc1. The van der Waals surface area contributed by atoms with Gasteiger partial charge in [-0.15, -0.1) is 0 Å². The monoisotopic (exact) mass is 355 g/mol. The number of amides is 3. The summed E-state index contributed by atoms with van der Waals surface area (Å²) < 4.78 is 4.69. The molecule has 3 amide bonds. The lowest BCUT2D eigenvalue weighted by Gasteiger charge is -2.18. The maximum atomic E-state index is 12.3. The molecule has 0 atom stereocenters. The van der Waals surface area contributed by atoms with Gasteiger partial charge in [-0.3, -0.25) is 4.79 Å². The molecule has 0 saturated heterocycles. The Morgan fingerprint density at radius 2 is 1.65 bits per heavy atom. The van der Waals surface area contributed by atoms with Crippen molar-refractivity contribution in [2.45, 2.75) is 6.92 Å². The number of ether oxygens (including phenoxy) is 1. The second-order valence-corrected chi connectivity index (χ2v) is 5.74. The van der Waals surface area contributed by atoms with Crippen LogP contribution in [0.25, 0.3) is 0 Å². The van der Waals surface area contributed by atoms with Crippen molar-refractivity contribution in [1.82, 2.24) is 4.90 Å². The van der Waals surface area contributed by atoms with Crippen molar-refractivity contribution in [2.75, 3.05) is 31.3 Å². The molecule has 0 saturated carbocycles.